The van der Waals surface area contributed by atoms with Gasteiger partial charge in [-0.25, -0.2) is 4.39 Å². The van der Waals surface area contributed by atoms with Gasteiger partial charge in [0, 0.05) is 22.5 Å². The number of aromatic nitrogens is 1. The highest BCUT2D eigenvalue weighted by Gasteiger charge is 2.21. The fraction of sp³-hybridized carbons (Fsp3) is 0.257. The van der Waals surface area contributed by atoms with Gasteiger partial charge in [-0.1, -0.05) is 35.9 Å². The predicted octanol–water partition coefficient (Wildman–Crippen LogP) is 8.04. The Kier molecular flexibility index (Phi) is 10.8. The number of halogens is 2. The number of carboxylic acids is 2. The molecule has 0 bridgehead atoms. The lowest BCUT2D eigenvalue weighted by atomic mass is 10.0. The smallest absolute Gasteiger partial charge is 0.323 e. The van der Waals surface area contributed by atoms with Gasteiger partial charge < -0.3 is 24.3 Å². The Bertz CT molecular complexity index is 1700. The van der Waals surface area contributed by atoms with Gasteiger partial charge >= 0.3 is 11.9 Å². The van der Waals surface area contributed by atoms with E-state index in [0.717, 1.165) is 22.4 Å². The van der Waals surface area contributed by atoms with Crippen LogP contribution in [0.15, 0.2) is 60.7 Å². The number of hydrogen-bond acceptors (Lipinski definition) is 4. The average Bonchev–Trinajstić information content (AvgIpc) is 3.23. The van der Waals surface area contributed by atoms with Crippen molar-refractivity contribution in [1.29, 1.82) is 0 Å². The summed E-state index contributed by atoms with van der Waals surface area (Å²) in [6, 6.07) is 14.2. The maximum absolute atomic E-state index is 15.1. The molecule has 0 aliphatic rings. The van der Waals surface area contributed by atoms with Gasteiger partial charge in [-0.2, -0.15) is 0 Å². The molecule has 230 valence electrons. The van der Waals surface area contributed by atoms with Crippen molar-refractivity contribution in [2.45, 2.75) is 46.6 Å². The van der Waals surface area contributed by atoms with E-state index in [1.54, 1.807) is 17.6 Å². The molecule has 9 heteroatoms. The van der Waals surface area contributed by atoms with E-state index < -0.39 is 17.8 Å². The summed E-state index contributed by atoms with van der Waals surface area (Å²) in [6.07, 6.45) is 8.07. The van der Waals surface area contributed by atoms with Crippen molar-refractivity contribution in [3.8, 4) is 11.5 Å². The molecule has 0 unspecified atom stereocenters. The van der Waals surface area contributed by atoms with Crippen LogP contribution < -0.4 is 9.47 Å². The zero-order valence-electron chi connectivity index (χ0n) is 24.9. The lowest BCUT2D eigenvalue weighted by molar-refractivity contribution is -0.138. The summed E-state index contributed by atoms with van der Waals surface area (Å²) in [6.45, 7) is 6.11. The van der Waals surface area contributed by atoms with Crippen LogP contribution in [0.2, 0.25) is 5.02 Å². The first-order valence-corrected chi connectivity index (χ1v) is 14.6. The van der Waals surface area contributed by atoms with Crippen LogP contribution in [0.4, 0.5) is 4.39 Å². The number of carboxylic acid groups (broad SMARTS) is 2. The van der Waals surface area contributed by atoms with Crippen molar-refractivity contribution >= 4 is 46.6 Å². The minimum Gasteiger partial charge on any atom is -0.490 e. The summed E-state index contributed by atoms with van der Waals surface area (Å²) < 4.78 is 28.4. The summed E-state index contributed by atoms with van der Waals surface area (Å²) >= 11 is 6.08. The second-order valence-corrected chi connectivity index (χ2v) is 11.0. The van der Waals surface area contributed by atoms with Crippen LogP contribution in [0.3, 0.4) is 0 Å². The molecular formula is C35H35ClFNO6. The molecule has 0 saturated heterocycles. The summed E-state index contributed by atoms with van der Waals surface area (Å²) in [5, 5.41) is 19.6. The van der Waals surface area contributed by atoms with Gasteiger partial charge in [0.25, 0.3) is 0 Å². The van der Waals surface area contributed by atoms with E-state index in [1.165, 1.54) is 6.07 Å². The van der Waals surface area contributed by atoms with Crippen molar-refractivity contribution < 1.29 is 33.7 Å². The van der Waals surface area contributed by atoms with Crippen molar-refractivity contribution in [2.75, 3.05) is 13.2 Å². The van der Waals surface area contributed by atoms with Crippen molar-refractivity contribution in [1.82, 2.24) is 4.57 Å². The second kappa shape index (κ2) is 14.8. The zero-order valence-corrected chi connectivity index (χ0v) is 25.7. The Morgan fingerprint density at radius 1 is 0.909 bits per heavy atom. The van der Waals surface area contributed by atoms with Crippen molar-refractivity contribution in [3.05, 3.63) is 105 Å². The Balaban J connectivity index is 1.43. The van der Waals surface area contributed by atoms with Crippen LogP contribution in [0.1, 0.15) is 46.4 Å². The largest absolute Gasteiger partial charge is 0.490 e. The number of benzene rings is 3. The highest BCUT2D eigenvalue weighted by Crippen LogP contribution is 2.33. The number of ether oxygens (including phenoxy) is 2. The molecule has 1 aromatic heterocycles. The third-order valence-corrected chi connectivity index (χ3v) is 7.50. The van der Waals surface area contributed by atoms with Crippen LogP contribution in [0, 0.1) is 26.6 Å². The summed E-state index contributed by atoms with van der Waals surface area (Å²) in [4.78, 5) is 22.7. The van der Waals surface area contributed by atoms with Crippen molar-refractivity contribution in [3.63, 3.8) is 0 Å². The highest BCUT2D eigenvalue weighted by molar-refractivity contribution is 6.30. The lowest BCUT2D eigenvalue weighted by Crippen LogP contribution is -2.10. The Hall–Kier alpha value is -4.56. The molecule has 0 aliphatic carbocycles. The first kappa shape index (κ1) is 32.4. The molecule has 0 fully saturated rings. The molecule has 44 heavy (non-hydrogen) atoms. The number of nitrogens with zero attached hydrogens (tertiary/aromatic N) is 1. The maximum Gasteiger partial charge on any atom is 0.323 e. The summed E-state index contributed by atoms with van der Waals surface area (Å²) in [5.41, 5.74) is 5.23. The van der Waals surface area contributed by atoms with Gasteiger partial charge in [0.15, 0.2) is 0 Å². The minimum absolute atomic E-state index is 0.0551. The van der Waals surface area contributed by atoms with Crippen LogP contribution in [0.5, 0.6) is 11.5 Å². The fourth-order valence-electron chi connectivity index (χ4n) is 5.26. The third-order valence-electron chi connectivity index (χ3n) is 7.28. The van der Waals surface area contributed by atoms with Gasteiger partial charge in [0.1, 0.15) is 37.1 Å². The van der Waals surface area contributed by atoms with E-state index in [-0.39, 0.29) is 13.0 Å². The average molecular weight is 620 g/mol. The molecule has 7 nitrogen and oxygen atoms in total. The number of hydrogen-bond donors (Lipinski definition) is 2. The van der Waals surface area contributed by atoms with E-state index in [0.29, 0.717) is 64.6 Å². The molecular weight excluding hydrogens is 585 g/mol. The first-order chi connectivity index (χ1) is 21.0. The molecule has 0 radical (unpaired) electrons. The number of aryl methyl sites for hydroxylation is 3. The van der Waals surface area contributed by atoms with Gasteiger partial charge in [-0.15, -0.1) is 0 Å². The van der Waals surface area contributed by atoms with Crippen LogP contribution >= 0.6 is 11.6 Å². The zero-order chi connectivity index (χ0) is 31.8. The van der Waals surface area contributed by atoms with E-state index in [9.17, 15) is 14.7 Å². The van der Waals surface area contributed by atoms with E-state index in [4.69, 9.17) is 26.2 Å². The SMILES string of the molecule is Cc1cc(Cl)cc(C)c1OC/C=C/COc1ccc(/C=C/c2ccc(F)c3c(CCCC(=O)O)c(C)n(CC(=O)O)c23)cc1. The number of aliphatic carboxylic acids is 2. The second-order valence-electron chi connectivity index (χ2n) is 10.5. The third kappa shape index (κ3) is 8.08. The topological polar surface area (TPSA) is 98.0 Å². The Labute approximate surface area is 260 Å². The van der Waals surface area contributed by atoms with Gasteiger partial charge in [0.05, 0.1) is 5.52 Å². The monoisotopic (exact) mass is 619 g/mol. The number of rotatable bonds is 14. The van der Waals surface area contributed by atoms with Crippen LogP contribution in [-0.2, 0) is 22.6 Å². The van der Waals surface area contributed by atoms with E-state index in [1.807, 2.05) is 74.5 Å². The molecule has 0 aliphatic heterocycles. The van der Waals surface area contributed by atoms with Gasteiger partial charge in [-0.05, 0) is 110 Å². The fourth-order valence-corrected chi connectivity index (χ4v) is 5.59. The van der Waals surface area contributed by atoms with Gasteiger partial charge in [0.2, 0.25) is 0 Å². The normalized spacial score (nSPS) is 11.6. The van der Waals surface area contributed by atoms with Gasteiger partial charge in [-0.3, -0.25) is 9.59 Å². The Morgan fingerprint density at radius 2 is 1.57 bits per heavy atom. The molecule has 0 atom stereocenters. The van der Waals surface area contributed by atoms with Crippen molar-refractivity contribution in [2.24, 2.45) is 0 Å². The maximum atomic E-state index is 15.1. The summed E-state index contributed by atoms with van der Waals surface area (Å²) in [7, 11) is 0. The van der Waals surface area contributed by atoms with E-state index in [2.05, 4.69) is 0 Å². The molecule has 0 spiro atoms. The standard InChI is InChI=1S/C35H35ClFNO6/c1-22-19-27(36)20-23(2)35(22)44-18-5-4-17-43-28-14-10-25(11-15-28)9-12-26-13-16-30(37)33-29(7-6-8-31(39)40)24(3)38(34(26)33)21-32(41)42/h4-5,9-16,19-20H,6-8,17-18,21H2,1-3H3,(H,39,40)(H,41,42)/b5-4+,12-9+. The predicted molar refractivity (Wildman–Crippen MR) is 171 cm³/mol. The van der Waals surface area contributed by atoms with Crippen LogP contribution in [-0.4, -0.2) is 39.9 Å². The molecule has 0 saturated carbocycles. The molecule has 0 amide bonds. The molecule has 1 heterocycles. The molecule has 4 rings (SSSR count). The molecule has 3 aromatic carbocycles. The molecule has 4 aromatic rings. The molecule has 2 N–H and O–H groups in total. The minimum atomic E-state index is -1.05. The van der Waals surface area contributed by atoms with Crippen LogP contribution in [0.25, 0.3) is 23.1 Å². The Morgan fingerprint density at radius 3 is 2.20 bits per heavy atom. The first-order valence-electron chi connectivity index (χ1n) is 14.2. The number of fused-ring (bicyclic) bond motifs is 1. The number of carbonyl (C=O) groups is 2. The summed E-state index contributed by atoms with van der Waals surface area (Å²) in [5.74, 6) is -0.929. The highest BCUT2D eigenvalue weighted by atomic mass is 35.5. The van der Waals surface area contributed by atoms with E-state index >= 15 is 4.39 Å². The lowest BCUT2D eigenvalue weighted by Gasteiger charge is -2.11. The quantitative estimate of drug-likeness (QED) is 0.109.